The van der Waals surface area contributed by atoms with Gasteiger partial charge in [0.15, 0.2) is 6.29 Å². The molecule has 1 aliphatic rings. The molecular weight excluding hydrogens is 326 g/mol. The minimum absolute atomic E-state index is 0.186. The van der Waals surface area contributed by atoms with Crippen molar-refractivity contribution in [3.63, 3.8) is 0 Å². The number of thioether (sulfide) groups is 1. The van der Waals surface area contributed by atoms with Gasteiger partial charge in [0, 0.05) is 10.3 Å². The van der Waals surface area contributed by atoms with Crippen LogP contribution in [0.5, 0.6) is 0 Å². The van der Waals surface area contributed by atoms with Crippen LogP contribution in [0, 0.1) is 0 Å². The summed E-state index contributed by atoms with van der Waals surface area (Å²) in [7, 11) is 0. The second kappa shape index (κ2) is 7.65. The number of aliphatic hydroxyl groups is 1. The molecule has 7 heteroatoms. The van der Waals surface area contributed by atoms with Crippen molar-refractivity contribution < 1.29 is 14.6 Å². The third-order valence-electron chi connectivity index (χ3n) is 4.04. The zero-order chi connectivity index (χ0) is 17.0. The van der Waals surface area contributed by atoms with Crippen molar-refractivity contribution in [2.75, 3.05) is 13.2 Å². The quantitative estimate of drug-likeness (QED) is 0.863. The minimum atomic E-state index is -0.545. The van der Waals surface area contributed by atoms with Crippen molar-refractivity contribution in [1.82, 2.24) is 14.8 Å². The van der Waals surface area contributed by atoms with Gasteiger partial charge in [0.25, 0.3) is 0 Å². The Morgan fingerprint density at radius 3 is 2.62 bits per heavy atom. The van der Waals surface area contributed by atoms with Gasteiger partial charge < -0.3 is 14.6 Å². The summed E-state index contributed by atoms with van der Waals surface area (Å²) in [6, 6.07) is 9.94. The van der Waals surface area contributed by atoms with Crippen LogP contribution >= 0.6 is 11.8 Å². The molecule has 1 unspecified atom stereocenters. The highest BCUT2D eigenvalue weighted by Crippen LogP contribution is 2.36. The normalized spacial score (nSPS) is 23.1. The van der Waals surface area contributed by atoms with Gasteiger partial charge in [0.1, 0.15) is 12.7 Å². The number of hydrogen-bond acceptors (Lipinski definition) is 6. The first-order valence-corrected chi connectivity index (χ1v) is 8.89. The number of benzene rings is 1. The third kappa shape index (κ3) is 4.36. The van der Waals surface area contributed by atoms with Crippen molar-refractivity contribution in [1.29, 1.82) is 0 Å². The predicted octanol–water partition coefficient (Wildman–Crippen LogP) is 2.26. The maximum atomic E-state index is 10.5. The fourth-order valence-electron chi connectivity index (χ4n) is 2.59. The largest absolute Gasteiger partial charge is 0.390 e. The van der Waals surface area contributed by atoms with Crippen molar-refractivity contribution in [3.05, 3.63) is 48.5 Å². The summed E-state index contributed by atoms with van der Waals surface area (Å²) in [6.45, 7) is 5.68. The summed E-state index contributed by atoms with van der Waals surface area (Å²) in [4.78, 5) is 3.90. The maximum Gasteiger partial charge on any atom is 0.183 e. The Balaban J connectivity index is 1.51. The molecule has 2 heterocycles. The highest BCUT2D eigenvalue weighted by atomic mass is 32.2. The molecule has 0 bridgehead atoms. The molecule has 130 valence electrons. The van der Waals surface area contributed by atoms with Gasteiger partial charge in [0.2, 0.25) is 0 Å². The molecular formula is C17H23N3O3S. The lowest BCUT2D eigenvalue weighted by atomic mass is 10.1. The Morgan fingerprint density at radius 1 is 1.29 bits per heavy atom. The van der Waals surface area contributed by atoms with Crippen LogP contribution < -0.4 is 0 Å². The molecule has 0 aliphatic carbocycles. The van der Waals surface area contributed by atoms with Crippen LogP contribution in [0.1, 0.15) is 25.7 Å². The van der Waals surface area contributed by atoms with Crippen LogP contribution in [0.25, 0.3) is 0 Å². The van der Waals surface area contributed by atoms with Gasteiger partial charge >= 0.3 is 0 Å². The molecule has 0 amide bonds. The topological polar surface area (TPSA) is 69.4 Å². The molecule has 1 fully saturated rings. The molecule has 6 nitrogen and oxygen atoms in total. The van der Waals surface area contributed by atoms with Crippen molar-refractivity contribution in [2.24, 2.45) is 0 Å². The van der Waals surface area contributed by atoms with Gasteiger partial charge in [-0.15, -0.1) is 11.8 Å². The SMILES string of the molecule is CC(C)(S[C@H]1CO[C@H](c2ccccc2)OC1)C(O)Cn1cncn1. The van der Waals surface area contributed by atoms with Crippen molar-refractivity contribution in [3.8, 4) is 0 Å². The van der Waals surface area contributed by atoms with Crippen LogP contribution in [0.4, 0.5) is 0 Å². The summed E-state index contributed by atoms with van der Waals surface area (Å²) >= 11 is 1.69. The van der Waals surface area contributed by atoms with Crippen LogP contribution in [0.15, 0.2) is 43.0 Å². The first kappa shape index (κ1) is 17.4. The zero-order valence-electron chi connectivity index (χ0n) is 13.9. The average Bonchev–Trinajstić information content (AvgIpc) is 3.09. The van der Waals surface area contributed by atoms with Gasteiger partial charge in [-0.3, -0.25) is 4.68 Å². The second-order valence-electron chi connectivity index (χ2n) is 6.39. The smallest absolute Gasteiger partial charge is 0.183 e. The number of aliphatic hydroxyl groups excluding tert-OH is 1. The van der Waals surface area contributed by atoms with E-state index in [0.717, 1.165) is 5.56 Å². The van der Waals surface area contributed by atoms with Crippen LogP contribution in [0.3, 0.4) is 0 Å². The van der Waals surface area contributed by atoms with Gasteiger partial charge in [-0.2, -0.15) is 5.10 Å². The van der Waals surface area contributed by atoms with Crippen molar-refractivity contribution in [2.45, 2.75) is 42.8 Å². The molecule has 1 aromatic heterocycles. The number of aromatic nitrogens is 3. The minimum Gasteiger partial charge on any atom is -0.390 e. The maximum absolute atomic E-state index is 10.5. The summed E-state index contributed by atoms with van der Waals surface area (Å²) in [6.07, 6.45) is 2.24. The summed E-state index contributed by atoms with van der Waals surface area (Å²) in [5.41, 5.74) is 1.03. The van der Waals surface area contributed by atoms with E-state index in [4.69, 9.17) is 9.47 Å². The summed E-state index contributed by atoms with van der Waals surface area (Å²) < 4.78 is 13.0. The van der Waals surface area contributed by atoms with Gasteiger partial charge in [-0.25, -0.2) is 4.98 Å². The van der Waals surface area contributed by atoms with E-state index in [0.29, 0.717) is 19.8 Å². The number of hydrogen-bond donors (Lipinski definition) is 1. The summed E-state index contributed by atoms with van der Waals surface area (Å²) in [5, 5.41) is 14.8. The van der Waals surface area contributed by atoms with Crippen LogP contribution in [0.2, 0.25) is 0 Å². The molecule has 1 N–H and O–H groups in total. The lowest BCUT2D eigenvalue weighted by Crippen LogP contribution is -2.41. The number of ether oxygens (including phenoxy) is 2. The average molecular weight is 349 g/mol. The van der Waals surface area contributed by atoms with E-state index in [9.17, 15) is 5.11 Å². The first-order valence-electron chi connectivity index (χ1n) is 8.01. The predicted molar refractivity (Wildman–Crippen MR) is 92.6 cm³/mol. The number of rotatable bonds is 6. The monoisotopic (exact) mass is 349 g/mol. The molecule has 1 saturated heterocycles. The zero-order valence-corrected chi connectivity index (χ0v) is 14.7. The van der Waals surface area contributed by atoms with E-state index in [1.54, 1.807) is 22.8 Å². The third-order valence-corrected chi connectivity index (χ3v) is 5.52. The van der Waals surface area contributed by atoms with E-state index >= 15 is 0 Å². The molecule has 0 spiro atoms. The first-order chi connectivity index (χ1) is 11.5. The van der Waals surface area contributed by atoms with E-state index < -0.39 is 6.10 Å². The standard InChI is InChI=1S/C17H23N3O3S/c1-17(2,15(21)8-20-12-18-11-19-20)24-14-9-22-16(23-10-14)13-6-4-3-5-7-13/h3-7,11-12,14-16,21H,8-10H2,1-2H3/t14-,15?,16-. The molecule has 24 heavy (non-hydrogen) atoms. The Bertz CT molecular complexity index is 613. The van der Waals surface area contributed by atoms with E-state index in [1.165, 1.54) is 6.33 Å². The van der Waals surface area contributed by atoms with E-state index in [-0.39, 0.29) is 16.3 Å². The Hall–Kier alpha value is -1.41. The molecule has 1 aliphatic heterocycles. The van der Waals surface area contributed by atoms with Gasteiger partial charge in [0.05, 0.1) is 31.1 Å². The highest BCUT2D eigenvalue weighted by molar-refractivity contribution is 8.01. The lowest BCUT2D eigenvalue weighted by molar-refractivity contribution is -0.180. The summed E-state index contributed by atoms with van der Waals surface area (Å²) in [5.74, 6) is 0. The molecule has 3 rings (SSSR count). The van der Waals surface area contributed by atoms with Gasteiger partial charge in [-0.1, -0.05) is 30.3 Å². The molecule has 0 saturated carbocycles. The Labute approximate surface area is 146 Å². The van der Waals surface area contributed by atoms with E-state index in [1.807, 2.05) is 44.2 Å². The fourth-order valence-corrected chi connectivity index (χ4v) is 3.97. The lowest BCUT2D eigenvalue weighted by Gasteiger charge is -2.36. The highest BCUT2D eigenvalue weighted by Gasteiger charge is 2.34. The molecule has 0 radical (unpaired) electrons. The molecule has 1 aromatic carbocycles. The van der Waals surface area contributed by atoms with Crippen LogP contribution in [-0.2, 0) is 16.0 Å². The molecule has 1 atom stereocenters. The van der Waals surface area contributed by atoms with Crippen molar-refractivity contribution >= 4 is 11.8 Å². The molecule has 2 aromatic rings. The van der Waals surface area contributed by atoms with Gasteiger partial charge in [-0.05, 0) is 13.8 Å². The van der Waals surface area contributed by atoms with Crippen LogP contribution in [-0.4, -0.2) is 49.2 Å². The number of nitrogens with zero attached hydrogens (tertiary/aromatic N) is 3. The Morgan fingerprint density at radius 2 is 2.00 bits per heavy atom. The van der Waals surface area contributed by atoms with E-state index in [2.05, 4.69) is 10.1 Å². The fraction of sp³-hybridized carbons (Fsp3) is 0.529. The second-order valence-corrected chi connectivity index (χ2v) is 8.34. The Kier molecular flexibility index (Phi) is 5.55.